The Kier molecular flexibility index (Phi) is 4.71. The standard InChI is InChI=1S/C15H14F2N2O2/c1-18-13-5-3-2-4-12(13)14(20)19-10-6-8-11(9-7-10)21-15(16)17/h2-9,15,18H,1H3,(H,19,20). The van der Waals surface area contributed by atoms with Crippen molar-refractivity contribution in [2.45, 2.75) is 6.61 Å². The fraction of sp³-hybridized carbons (Fsp3) is 0.133. The molecule has 21 heavy (non-hydrogen) atoms. The number of hydrogen-bond donors (Lipinski definition) is 2. The molecule has 0 radical (unpaired) electrons. The van der Waals surface area contributed by atoms with E-state index in [-0.39, 0.29) is 11.7 Å². The lowest BCUT2D eigenvalue weighted by Crippen LogP contribution is -2.13. The number of para-hydroxylation sites is 1. The molecule has 0 bridgehead atoms. The summed E-state index contributed by atoms with van der Waals surface area (Å²) in [6.45, 7) is -2.87. The minimum absolute atomic E-state index is 0.0404. The number of rotatable bonds is 5. The molecule has 2 N–H and O–H groups in total. The van der Waals surface area contributed by atoms with Gasteiger partial charge in [0.2, 0.25) is 0 Å². The van der Waals surface area contributed by atoms with Crippen LogP contribution in [0.3, 0.4) is 0 Å². The molecule has 2 aromatic rings. The van der Waals surface area contributed by atoms with Gasteiger partial charge < -0.3 is 15.4 Å². The van der Waals surface area contributed by atoms with Crippen LogP contribution in [-0.4, -0.2) is 19.6 Å². The molecule has 4 nitrogen and oxygen atoms in total. The van der Waals surface area contributed by atoms with Crippen LogP contribution in [0.4, 0.5) is 20.2 Å². The smallest absolute Gasteiger partial charge is 0.387 e. The van der Waals surface area contributed by atoms with Gasteiger partial charge in [-0.25, -0.2) is 0 Å². The van der Waals surface area contributed by atoms with Crippen LogP contribution in [0.5, 0.6) is 5.75 Å². The van der Waals surface area contributed by atoms with Crippen LogP contribution in [0.2, 0.25) is 0 Å². The van der Waals surface area contributed by atoms with Crippen molar-refractivity contribution >= 4 is 17.3 Å². The number of hydrogen-bond acceptors (Lipinski definition) is 3. The number of alkyl halides is 2. The molecule has 0 spiro atoms. The second-order valence-corrected chi connectivity index (χ2v) is 4.15. The molecule has 0 atom stereocenters. The second-order valence-electron chi connectivity index (χ2n) is 4.15. The Morgan fingerprint density at radius 1 is 1.10 bits per heavy atom. The van der Waals surface area contributed by atoms with Crippen LogP contribution in [0, 0.1) is 0 Å². The summed E-state index contributed by atoms with van der Waals surface area (Å²) in [5, 5.41) is 5.62. The van der Waals surface area contributed by atoms with Crippen molar-refractivity contribution in [1.29, 1.82) is 0 Å². The number of ether oxygens (including phenoxy) is 1. The average molecular weight is 292 g/mol. The fourth-order valence-corrected chi connectivity index (χ4v) is 1.82. The van der Waals surface area contributed by atoms with E-state index in [0.29, 0.717) is 16.9 Å². The van der Waals surface area contributed by atoms with Crippen LogP contribution >= 0.6 is 0 Å². The first kappa shape index (κ1) is 14.8. The molecule has 2 rings (SSSR count). The molecule has 6 heteroatoms. The predicted molar refractivity (Wildman–Crippen MR) is 77.0 cm³/mol. The highest BCUT2D eigenvalue weighted by Gasteiger charge is 2.10. The number of halogens is 2. The first-order chi connectivity index (χ1) is 10.1. The zero-order chi connectivity index (χ0) is 15.2. The van der Waals surface area contributed by atoms with Crippen LogP contribution in [-0.2, 0) is 0 Å². The lowest BCUT2D eigenvalue weighted by atomic mass is 10.1. The van der Waals surface area contributed by atoms with Gasteiger partial charge in [-0.3, -0.25) is 4.79 Å². The maximum Gasteiger partial charge on any atom is 0.387 e. The van der Waals surface area contributed by atoms with Gasteiger partial charge in [0.15, 0.2) is 0 Å². The maximum atomic E-state index is 12.2. The third kappa shape index (κ3) is 3.92. The van der Waals surface area contributed by atoms with E-state index in [9.17, 15) is 13.6 Å². The Labute approximate surface area is 120 Å². The molecule has 0 unspecified atom stereocenters. The number of carbonyl (C=O) groups is 1. The number of carbonyl (C=O) groups excluding carboxylic acids is 1. The molecule has 110 valence electrons. The first-order valence-electron chi connectivity index (χ1n) is 6.23. The van der Waals surface area contributed by atoms with E-state index in [0.717, 1.165) is 0 Å². The van der Waals surface area contributed by atoms with Crippen molar-refractivity contribution in [3.05, 3.63) is 54.1 Å². The molecule has 0 aliphatic rings. The molecule has 0 aliphatic heterocycles. The van der Waals surface area contributed by atoms with Gasteiger partial charge in [0.25, 0.3) is 5.91 Å². The van der Waals surface area contributed by atoms with Crippen molar-refractivity contribution in [2.24, 2.45) is 0 Å². The summed E-state index contributed by atoms with van der Waals surface area (Å²) in [6.07, 6.45) is 0. The molecular formula is C15H14F2N2O2. The van der Waals surface area contributed by atoms with Gasteiger partial charge in [0.1, 0.15) is 5.75 Å². The zero-order valence-corrected chi connectivity index (χ0v) is 11.3. The van der Waals surface area contributed by atoms with Crippen LogP contribution in [0.25, 0.3) is 0 Å². The minimum atomic E-state index is -2.87. The molecule has 2 aromatic carbocycles. The van der Waals surface area contributed by atoms with E-state index < -0.39 is 6.61 Å². The summed E-state index contributed by atoms with van der Waals surface area (Å²) in [4.78, 5) is 12.2. The van der Waals surface area contributed by atoms with Crippen molar-refractivity contribution in [2.75, 3.05) is 17.7 Å². The summed E-state index contributed by atoms with van der Waals surface area (Å²) >= 11 is 0. The summed E-state index contributed by atoms with van der Waals surface area (Å²) in [5.41, 5.74) is 1.69. The van der Waals surface area contributed by atoms with Crippen molar-refractivity contribution < 1.29 is 18.3 Å². The largest absolute Gasteiger partial charge is 0.435 e. The van der Waals surface area contributed by atoms with E-state index in [1.54, 1.807) is 25.2 Å². The van der Waals surface area contributed by atoms with Crippen molar-refractivity contribution in [3.8, 4) is 5.75 Å². The molecular weight excluding hydrogens is 278 g/mol. The van der Waals surface area contributed by atoms with Gasteiger partial charge in [-0.15, -0.1) is 0 Å². The topological polar surface area (TPSA) is 50.4 Å². The summed E-state index contributed by atoms with van der Waals surface area (Å²) in [5.74, 6) is -0.249. The van der Waals surface area contributed by atoms with Gasteiger partial charge in [-0.1, -0.05) is 12.1 Å². The molecule has 0 aliphatic carbocycles. The SMILES string of the molecule is CNc1ccccc1C(=O)Nc1ccc(OC(F)F)cc1. The third-order valence-corrected chi connectivity index (χ3v) is 2.78. The molecule has 0 saturated carbocycles. The van der Waals surface area contributed by atoms with E-state index in [4.69, 9.17) is 0 Å². The fourth-order valence-electron chi connectivity index (χ4n) is 1.82. The van der Waals surface area contributed by atoms with Gasteiger partial charge >= 0.3 is 6.61 Å². The van der Waals surface area contributed by atoms with Crippen molar-refractivity contribution in [3.63, 3.8) is 0 Å². The van der Waals surface area contributed by atoms with E-state index in [1.165, 1.54) is 24.3 Å². The van der Waals surface area contributed by atoms with Gasteiger partial charge in [0, 0.05) is 18.4 Å². The highest BCUT2D eigenvalue weighted by Crippen LogP contribution is 2.20. The summed E-state index contributed by atoms with van der Waals surface area (Å²) in [6, 6.07) is 12.8. The summed E-state index contributed by atoms with van der Waals surface area (Å²) in [7, 11) is 1.72. The van der Waals surface area contributed by atoms with E-state index in [2.05, 4.69) is 15.4 Å². The quantitative estimate of drug-likeness (QED) is 0.885. The Hall–Kier alpha value is -2.63. The normalized spacial score (nSPS) is 10.3. The number of amides is 1. The van der Waals surface area contributed by atoms with Crippen LogP contribution in [0.15, 0.2) is 48.5 Å². The van der Waals surface area contributed by atoms with E-state index in [1.807, 2.05) is 6.07 Å². The summed E-state index contributed by atoms with van der Waals surface area (Å²) < 4.78 is 28.3. The molecule has 0 fully saturated rings. The van der Waals surface area contributed by atoms with E-state index >= 15 is 0 Å². The number of anilines is 2. The number of nitrogens with one attached hydrogen (secondary N) is 2. The Balaban J connectivity index is 2.09. The first-order valence-corrected chi connectivity index (χ1v) is 6.23. The Morgan fingerprint density at radius 3 is 2.38 bits per heavy atom. The second kappa shape index (κ2) is 6.69. The Bertz CT molecular complexity index is 615. The van der Waals surface area contributed by atoms with Crippen LogP contribution in [0.1, 0.15) is 10.4 Å². The molecule has 1 amide bonds. The predicted octanol–water partition coefficient (Wildman–Crippen LogP) is 3.58. The average Bonchev–Trinajstić information content (AvgIpc) is 2.48. The lowest BCUT2D eigenvalue weighted by molar-refractivity contribution is -0.0498. The molecule has 0 aromatic heterocycles. The molecule has 0 saturated heterocycles. The molecule has 0 heterocycles. The van der Waals surface area contributed by atoms with Gasteiger partial charge in [-0.05, 0) is 36.4 Å². The number of benzene rings is 2. The monoisotopic (exact) mass is 292 g/mol. The van der Waals surface area contributed by atoms with Crippen molar-refractivity contribution in [1.82, 2.24) is 0 Å². The Morgan fingerprint density at radius 2 is 1.76 bits per heavy atom. The highest BCUT2D eigenvalue weighted by atomic mass is 19.3. The van der Waals surface area contributed by atoms with Gasteiger partial charge in [0.05, 0.1) is 5.56 Å². The van der Waals surface area contributed by atoms with Crippen LogP contribution < -0.4 is 15.4 Å². The lowest BCUT2D eigenvalue weighted by Gasteiger charge is -2.10. The maximum absolute atomic E-state index is 12.2. The van der Waals surface area contributed by atoms with Gasteiger partial charge in [-0.2, -0.15) is 8.78 Å². The zero-order valence-electron chi connectivity index (χ0n) is 11.3. The highest BCUT2D eigenvalue weighted by molar-refractivity contribution is 6.08. The third-order valence-electron chi connectivity index (χ3n) is 2.78. The minimum Gasteiger partial charge on any atom is -0.435 e.